The van der Waals surface area contributed by atoms with Crippen LogP contribution in [0.15, 0.2) is 12.1 Å². The highest BCUT2D eigenvalue weighted by molar-refractivity contribution is 5.75. The number of aryl methyl sites for hydroxylation is 2. The minimum Gasteiger partial charge on any atom is -0.483 e. The van der Waals surface area contributed by atoms with Crippen LogP contribution in [0, 0.1) is 13.8 Å². The second-order valence-electron chi connectivity index (χ2n) is 4.09. The van der Waals surface area contributed by atoms with E-state index in [1.165, 1.54) is 5.56 Å². The molecule has 0 aromatic heterocycles. The lowest BCUT2D eigenvalue weighted by Crippen LogP contribution is -2.20. The first kappa shape index (κ1) is 13.5. The van der Waals surface area contributed by atoms with Crippen LogP contribution in [0.1, 0.15) is 23.6 Å². The quantitative estimate of drug-likeness (QED) is 0.782. The molecular weight excluding hydrogens is 216 g/mol. The predicted molar refractivity (Wildman–Crippen MR) is 68.0 cm³/mol. The van der Waals surface area contributed by atoms with Crippen molar-refractivity contribution in [2.45, 2.75) is 27.3 Å². The molecule has 0 saturated heterocycles. The zero-order valence-corrected chi connectivity index (χ0v) is 10.7. The Bertz CT molecular complexity index is 379. The van der Waals surface area contributed by atoms with Gasteiger partial charge in [0, 0.05) is 6.54 Å². The third-order valence-corrected chi connectivity index (χ3v) is 2.46. The van der Waals surface area contributed by atoms with Gasteiger partial charge in [0.1, 0.15) is 5.75 Å². The van der Waals surface area contributed by atoms with Crippen LogP contribution in [-0.2, 0) is 11.3 Å². The van der Waals surface area contributed by atoms with E-state index in [0.717, 1.165) is 30.0 Å². The molecule has 0 radical (unpaired) electrons. The molecule has 0 fully saturated rings. The topological polar surface area (TPSA) is 64.3 Å². The Morgan fingerprint density at radius 3 is 2.41 bits per heavy atom. The number of rotatable bonds is 6. The number of carbonyl (C=O) groups excluding carboxylic acids is 1. The predicted octanol–water partition coefficient (Wildman–Crippen LogP) is 1.28. The number of amides is 1. The van der Waals surface area contributed by atoms with E-state index < -0.39 is 5.91 Å². The van der Waals surface area contributed by atoms with Crippen LogP contribution in [0.2, 0.25) is 0 Å². The van der Waals surface area contributed by atoms with Crippen LogP contribution in [0.4, 0.5) is 0 Å². The zero-order valence-electron chi connectivity index (χ0n) is 10.7. The molecule has 0 aliphatic heterocycles. The molecule has 4 heteroatoms. The summed E-state index contributed by atoms with van der Waals surface area (Å²) in [4.78, 5) is 10.7. The first-order valence-electron chi connectivity index (χ1n) is 5.76. The second kappa shape index (κ2) is 6.25. The van der Waals surface area contributed by atoms with Crippen molar-refractivity contribution in [3.05, 3.63) is 28.8 Å². The molecule has 1 aromatic rings. The average Bonchev–Trinajstić information content (AvgIpc) is 2.24. The molecule has 4 nitrogen and oxygen atoms in total. The van der Waals surface area contributed by atoms with Gasteiger partial charge in [-0.1, -0.05) is 19.1 Å². The van der Waals surface area contributed by atoms with Crippen LogP contribution in [0.5, 0.6) is 5.75 Å². The van der Waals surface area contributed by atoms with Gasteiger partial charge in [-0.05, 0) is 37.1 Å². The molecule has 0 spiro atoms. The lowest BCUT2D eigenvalue weighted by atomic mass is 10.1. The van der Waals surface area contributed by atoms with Crippen molar-refractivity contribution >= 4 is 5.91 Å². The monoisotopic (exact) mass is 236 g/mol. The normalized spacial score (nSPS) is 10.3. The summed E-state index contributed by atoms with van der Waals surface area (Å²) in [6, 6.07) is 4.12. The summed E-state index contributed by atoms with van der Waals surface area (Å²) in [5.74, 6) is 0.296. The first-order valence-corrected chi connectivity index (χ1v) is 5.76. The summed E-state index contributed by atoms with van der Waals surface area (Å²) in [6.07, 6.45) is 0. The van der Waals surface area contributed by atoms with Crippen molar-refractivity contribution in [3.63, 3.8) is 0 Å². The van der Waals surface area contributed by atoms with E-state index >= 15 is 0 Å². The molecule has 0 bridgehead atoms. The maximum absolute atomic E-state index is 10.7. The molecule has 0 aliphatic rings. The molecule has 1 aromatic carbocycles. The van der Waals surface area contributed by atoms with Gasteiger partial charge in [-0.25, -0.2) is 0 Å². The summed E-state index contributed by atoms with van der Waals surface area (Å²) < 4.78 is 5.39. The maximum Gasteiger partial charge on any atom is 0.255 e. The van der Waals surface area contributed by atoms with Crippen molar-refractivity contribution in [1.82, 2.24) is 5.32 Å². The number of carbonyl (C=O) groups is 1. The minimum atomic E-state index is -0.458. The number of nitrogens with two attached hydrogens (primary N) is 1. The number of nitrogens with one attached hydrogen (secondary N) is 1. The molecule has 1 rings (SSSR count). The highest BCUT2D eigenvalue weighted by Crippen LogP contribution is 2.24. The van der Waals surface area contributed by atoms with Crippen molar-refractivity contribution in [3.8, 4) is 5.75 Å². The Labute approximate surface area is 102 Å². The molecule has 1 amide bonds. The van der Waals surface area contributed by atoms with E-state index in [1.54, 1.807) is 0 Å². The van der Waals surface area contributed by atoms with Gasteiger partial charge in [0.25, 0.3) is 5.91 Å². The standard InChI is InChI=1S/C13H20N2O2/c1-4-15-7-11-5-9(2)13(10(3)6-11)17-8-12(14)16/h5-6,15H,4,7-8H2,1-3H3,(H2,14,16). The molecule has 94 valence electrons. The Hall–Kier alpha value is -1.55. The maximum atomic E-state index is 10.7. The van der Waals surface area contributed by atoms with Gasteiger partial charge >= 0.3 is 0 Å². The Balaban J connectivity index is 2.82. The summed E-state index contributed by atoms with van der Waals surface area (Å²) in [5, 5.41) is 3.27. The molecule has 0 atom stereocenters. The minimum absolute atomic E-state index is 0.0752. The Morgan fingerprint density at radius 2 is 1.94 bits per heavy atom. The van der Waals surface area contributed by atoms with E-state index in [1.807, 2.05) is 13.8 Å². The van der Waals surface area contributed by atoms with Crippen molar-refractivity contribution in [2.24, 2.45) is 5.73 Å². The van der Waals surface area contributed by atoms with Gasteiger partial charge in [-0.2, -0.15) is 0 Å². The summed E-state index contributed by atoms with van der Waals surface area (Å²) >= 11 is 0. The van der Waals surface area contributed by atoms with E-state index in [9.17, 15) is 4.79 Å². The van der Waals surface area contributed by atoms with Gasteiger partial charge < -0.3 is 15.8 Å². The SMILES string of the molecule is CCNCc1cc(C)c(OCC(N)=O)c(C)c1. The van der Waals surface area contributed by atoms with E-state index in [-0.39, 0.29) is 6.61 Å². The molecule has 0 saturated carbocycles. The van der Waals surface area contributed by atoms with Crippen LogP contribution in [-0.4, -0.2) is 19.1 Å². The summed E-state index contributed by atoms with van der Waals surface area (Å²) in [7, 11) is 0. The highest BCUT2D eigenvalue weighted by Gasteiger charge is 2.07. The fourth-order valence-corrected chi connectivity index (χ4v) is 1.78. The summed E-state index contributed by atoms with van der Waals surface area (Å²) in [6.45, 7) is 7.72. The van der Waals surface area contributed by atoms with E-state index in [4.69, 9.17) is 10.5 Å². The van der Waals surface area contributed by atoms with Gasteiger partial charge in [0.2, 0.25) is 0 Å². The lowest BCUT2D eigenvalue weighted by Gasteiger charge is -2.13. The third kappa shape index (κ3) is 4.07. The molecule has 0 heterocycles. The lowest BCUT2D eigenvalue weighted by molar-refractivity contribution is -0.119. The van der Waals surface area contributed by atoms with Gasteiger partial charge in [-0.3, -0.25) is 4.79 Å². The Kier molecular flexibility index (Phi) is 4.97. The van der Waals surface area contributed by atoms with Crippen molar-refractivity contribution in [1.29, 1.82) is 0 Å². The van der Waals surface area contributed by atoms with Gasteiger partial charge in [0.15, 0.2) is 6.61 Å². The van der Waals surface area contributed by atoms with Gasteiger partial charge in [0.05, 0.1) is 0 Å². The van der Waals surface area contributed by atoms with E-state index in [0.29, 0.717) is 0 Å². The number of ether oxygens (including phenoxy) is 1. The van der Waals surface area contributed by atoms with Crippen LogP contribution in [0.25, 0.3) is 0 Å². The molecule has 0 aliphatic carbocycles. The van der Waals surface area contributed by atoms with Crippen LogP contribution in [0.3, 0.4) is 0 Å². The molecule has 3 N–H and O–H groups in total. The van der Waals surface area contributed by atoms with Crippen LogP contribution < -0.4 is 15.8 Å². The molecular formula is C13H20N2O2. The Morgan fingerprint density at radius 1 is 1.35 bits per heavy atom. The fraction of sp³-hybridized carbons (Fsp3) is 0.462. The summed E-state index contributed by atoms with van der Waals surface area (Å²) in [5.41, 5.74) is 8.33. The third-order valence-electron chi connectivity index (χ3n) is 2.46. The number of hydrogen-bond acceptors (Lipinski definition) is 3. The van der Waals surface area contributed by atoms with Crippen LogP contribution >= 0.6 is 0 Å². The largest absolute Gasteiger partial charge is 0.483 e. The van der Waals surface area contributed by atoms with Crippen molar-refractivity contribution < 1.29 is 9.53 Å². The highest BCUT2D eigenvalue weighted by atomic mass is 16.5. The molecule has 0 unspecified atom stereocenters. The van der Waals surface area contributed by atoms with Crippen molar-refractivity contribution in [2.75, 3.05) is 13.2 Å². The second-order valence-corrected chi connectivity index (χ2v) is 4.09. The number of primary amides is 1. The number of benzene rings is 1. The fourth-order valence-electron chi connectivity index (χ4n) is 1.78. The number of hydrogen-bond donors (Lipinski definition) is 2. The average molecular weight is 236 g/mol. The molecule has 17 heavy (non-hydrogen) atoms. The smallest absolute Gasteiger partial charge is 0.255 e. The van der Waals surface area contributed by atoms with E-state index in [2.05, 4.69) is 24.4 Å². The first-order chi connectivity index (χ1) is 8.04. The van der Waals surface area contributed by atoms with Gasteiger partial charge in [-0.15, -0.1) is 0 Å². The zero-order chi connectivity index (χ0) is 12.8.